The molecule has 2 unspecified atom stereocenters. The average Bonchev–Trinajstić information content (AvgIpc) is 2.30. The Bertz CT molecular complexity index is 311. The fraction of sp³-hybridized carbons (Fsp3) is 0.700. The van der Waals surface area contributed by atoms with Crippen molar-refractivity contribution >= 4 is 29.6 Å². The lowest BCUT2D eigenvalue weighted by molar-refractivity contribution is -0.142. The van der Waals surface area contributed by atoms with Crippen LogP contribution in [0.3, 0.4) is 0 Å². The fourth-order valence-electron chi connectivity index (χ4n) is 1.18. The Balaban J connectivity index is 4.22. The van der Waals surface area contributed by atoms with Crippen LogP contribution in [0.4, 0.5) is 0 Å². The molecule has 104 valence electrons. The first-order valence-electron chi connectivity index (χ1n) is 5.38. The van der Waals surface area contributed by atoms with Crippen molar-refractivity contribution in [2.45, 2.75) is 31.3 Å². The number of carboxylic acids is 2. The van der Waals surface area contributed by atoms with E-state index in [9.17, 15) is 14.4 Å². The van der Waals surface area contributed by atoms with Crippen LogP contribution in [0.25, 0.3) is 0 Å². The number of aliphatic carboxylic acids is 2. The number of rotatable bonds is 9. The van der Waals surface area contributed by atoms with E-state index in [0.717, 1.165) is 0 Å². The highest BCUT2D eigenvalue weighted by Gasteiger charge is 2.23. The summed E-state index contributed by atoms with van der Waals surface area (Å²) in [6, 6.07) is -1.99. The van der Waals surface area contributed by atoms with Gasteiger partial charge in [0.05, 0.1) is 6.04 Å². The number of nitrogens with two attached hydrogens (primary N) is 1. The second kappa shape index (κ2) is 8.76. The summed E-state index contributed by atoms with van der Waals surface area (Å²) in [5, 5.41) is 19.6. The Hall–Kier alpha value is -1.28. The summed E-state index contributed by atoms with van der Waals surface area (Å²) in [5.74, 6) is -2.20. The van der Waals surface area contributed by atoms with Gasteiger partial charge in [-0.1, -0.05) is 0 Å². The third-order valence-electron chi connectivity index (χ3n) is 2.23. The minimum atomic E-state index is -1.12. The predicted molar refractivity (Wildman–Crippen MR) is 67.4 cm³/mol. The molecule has 0 fully saturated rings. The van der Waals surface area contributed by atoms with E-state index < -0.39 is 29.9 Å². The van der Waals surface area contributed by atoms with Crippen LogP contribution in [0.5, 0.6) is 0 Å². The van der Waals surface area contributed by atoms with Crippen LogP contribution >= 0.6 is 11.8 Å². The third-order valence-corrected chi connectivity index (χ3v) is 2.88. The molecule has 0 aliphatic heterocycles. The minimum Gasteiger partial charge on any atom is -0.481 e. The van der Waals surface area contributed by atoms with Crippen LogP contribution in [0.1, 0.15) is 19.3 Å². The van der Waals surface area contributed by atoms with Crippen molar-refractivity contribution in [3.63, 3.8) is 0 Å². The lowest BCUT2D eigenvalue weighted by Crippen LogP contribution is -2.48. The van der Waals surface area contributed by atoms with Crippen LogP contribution in [-0.4, -0.2) is 52.2 Å². The smallest absolute Gasteiger partial charge is 0.326 e. The number of nitrogens with one attached hydrogen (secondary N) is 1. The van der Waals surface area contributed by atoms with E-state index >= 15 is 0 Å². The molecule has 18 heavy (non-hydrogen) atoms. The van der Waals surface area contributed by atoms with E-state index in [2.05, 4.69) is 5.32 Å². The normalized spacial score (nSPS) is 13.7. The van der Waals surface area contributed by atoms with Crippen LogP contribution in [0.15, 0.2) is 0 Å². The van der Waals surface area contributed by atoms with E-state index in [0.29, 0.717) is 12.2 Å². The van der Waals surface area contributed by atoms with Gasteiger partial charge in [0.15, 0.2) is 0 Å². The maximum atomic E-state index is 11.5. The number of carbonyl (C=O) groups excluding carboxylic acids is 1. The molecule has 0 aliphatic carbocycles. The zero-order valence-electron chi connectivity index (χ0n) is 10.1. The lowest BCUT2D eigenvalue weighted by Gasteiger charge is -2.17. The highest BCUT2D eigenvalue weighted by molar-refractivity contribution is 7.98. The Kier molecular flexibility index (Phi) is 8.14. The van der Waals surface area contributed by atoms with Gasteiger partial charge in [0.2, 0.25) is 5.91 Å². The van der Waals surface area contributed by atoms with E-state index in [1.807, 2.05) is 6.26 Å². The number of amides is 1. The zero-order chi connectivity index (χ0) is 14.1. The van der Waals surface area contributed by atoms with Crippen molar-refractivity contribution in [3.05, 3.63) is 0 Å². The second-order valence-electron chi connectivity index (χ2n) is 3.72. The molecule has 5 N–H and O–H groups in total. The Morgan fingerprint density at radius 1 is 1.28 bits per heavy atom. The van der Waals surface area contributed by atoms with Gasteiger partial charge in [0, 0.05) is 6.42 Å². The minimum absolute atomic E-state index is 0.0178. The van der Waals surface area contributed by atoms with E-state index in [1.165, 1.54) is 11.8 Å². The van der Waals surface area contributed by atoms with Gasteiger partial charge in [0.25, 0.3) is 0 Å². The molecule has 0 aromatic heterocycles. The summed E-state index contributed by atoms with van der Waals surface area (Å²) in [4.78, 5) is 32.7. The summed E-state index contributed by atoms with van der Waals surface area (Å²) in [6.45, 7) is 0. The molecular formula is C10H18N2O5S. The van der Waals surface area contributed by atoms with Crippen molar-refractivity contribution in [2.24, 2.45) is 5.73 Å². The van der Waals surface area contributed by atoms with Gasteiger partial charge in [-0.25, -0.2) is 4.79 Å². The Morgan fingerprint density at radius 3 is 2.33 bits per heavy atom. The maximum absolute atomic E-state index is 11.5. The molecule has 0 saturated heterocycles. The first kappa shape index (κ1) is 16.7. The van der Waals surface area contributed by atoms with Crippen LogP contribution in [-0.2, 0) is 14.4 Å². The van der Waals surface area contributed by atoms with E-state index in [-0.39, 0.29) is 12.8 Å². The van der Waals surface area contributed by atoms with E-state index in [4.69, 9.17) is 15.9 Å². The lowest BCUT2D eigenvalue weighted by atomic mass is 10.1. The van der Waals surface area contributed by atoms with Crippen molar-refractivity contribution < 1.29 is 24.6 Å². The molecule has 0 heterocycles. The summed E-state index contributed by atoms with van der Waals surface area (Å²) < 4.78 is 0. The summed E-state index contributed by atoms with van der Waals surface area (Å²) in [6.07, 6.45) is 1.89. The molecule has 7 nitrogen and oxygen atoms in total. The van der Waals surface area contributed by atoms with Crippen molar-refractivity contribution in [2.75, 3.05) is 12.0 Å². The number of hydrogen-bond acceptors (Lipinski definition) is 5. The second-order valence-corrected chi connectivity index (χ2v) is 4.71. The third kappa shape index (κ3) is 7.13. The molecule has 0 radical (unpaired) electrons. The standard InChI is InChI=1S/C10H18N2O5S/c1-18-5-4-7(10(16)17)12-9(15)6(11)2-3-8(13)14/h6-7H,2-5,11H2,1H3,(H,12,15)(H,13,14)(H,16,17). The fourth-order valence-corrected chi connectivity index (χ4v) is 1.65. The molecule has 0 aromatic rings. The molecule has 8 heteroatoms. The van der Waals surface area contributed by atoms with Gasteiger partial charge in [0.1, 0.15) is 6.04 Å². The maximum Gasteiger partial charge on any atom is 0.326 e. The Morgan fingerprint density at radius 2 is 1.89 bits per heavy atom. The first-order valence-corrected chi connectivity index (χ1v) is 6.77. The molecule has 0 bridgehead atoms. The topological polar surface area (TPSA) is 130 Å². The monoisotopic (exact) mass is 278 g/mol. The SMILES string of the molecule is CSCCC(NC(=O)C(N)CCC(=O)O)C(=O)O. The van der Waals surface area contributed by atoms with Gasteiger partial charge in [-0.3, -0.25) is 9.59 Å². The first-order chi connectivity index (χ1) is 8.38. The van der Waals surface area contributed by atoms with Crippen LogP contribution < -0.4 is 11.1 Å². The number of carbonyl (C=O) groups is 3. The summed E-state index contributed by atoms with van der Waals surface area (Å²) in [5.41, 5.74) is 5.47. The summed E-state index contributed by atoms with van der Waals surface area (Å²) >= 11 is 1.47. The van der Waals surface area contributed by atoms with Gasteiger partial charge < -0.3 is 21.3 Å². The molecular weight excluding hydrogens is 260 g/mol. The molecule has 0 aromatic carbocycles. The molecule has 0 rings (SSSR count). The molecule has 0 saturated carbocycles. The Labute approximate surface area is 109 Å². The number of carboxylic acid groups (broad SMARTS) is 2. The predicted octanol–water partition coefficient (Wildman–Crippen LogP) is -0.499. The van der Waals surface area contributed by atoms with Crippen molar-refractivity contribution in [1.82, 2.24) is 5.32 Å². The highest BCUT2D eigenvalue weighted by atomic mass is 32.2. The molecule has 1 amide bonds. The van der Waals surface area contributed by atoms with Crippen molar-refractivity contribution in [1.29, 1.82) is 0 Å². The largest absolute Gasteiger partial charge is 0.481 e. The zero-order valence-corrected chi connectivity index (χ0v) is 10.9. The molecule has 2 atom stereocenters. The number of thioether (sulfide) groups is 1. The summed E-state index contributed by atoms with van der Waals surface area (Å²) in [7, 11) is 0. The highest BCUT2D eigenvalue weighted by Crippen LogP contribution is 2.02. The van der Waals surface area contributed by atoms with Crippen LogP contribution in [0, 0.1) is 0 Å². The quantitative estimate of drug-likeness (QED) is 0.447. The van der Waals surface area contributed by atoms with Gasteiger partial charge in [-0.15, -0.1) is 0 Å². The van der Waals surface area contributed by atoms with E-state index in [1.54, 1.807) is 0 Å². The van der Waals surface area contributed by atoms with Crippen molar-refractivity contribution in [3.8, 4) is 0 Å². The average molecular weight is 278 g/mol. The van der Waals surface area contributed by atoms with Gasteiger partial charge >= 0.3 is 11.9 Å². The van der Waals surface area contributed by atoms with Gasteiger partial charge in [-0.05, 0) is 24.9 Å². The molecule has 0 spiro atoms. The number of hydrogen-bond donors (Lipinski definition) is 4. The van der Waals surface area contributed by atoms with Gasteiger partial charge in [-0.2, -0.15) is 11.8 Å². The van der Waals surface area contributed by atoms with Crippen LogP contribution in [0.2, 0.25) is 0 Å². The molecule has 0 aliphatic rings.